The van der Waals surface area contributed by atoms with E-state index in [1.165, 1.54) is 6.26 Å². The number of hydrogen-bond acceptors (Lipinski definition) is 12. The third kappa shape index (κ3) is 22.6. The van der Waals surface area contributed by atoms with E-state index in [2.05, 4.69) is 32.8 Å². The molecule has 0 aromatic heterocycles. The van der Waals surface area contributed by atoms with Gasteiger partial charge in [-0.3, -0.25) is 0 Å². The summed E-state index contributed by atoms with van der Waals surface area (Å²) >= 11 is 0. The standard InChI is InChI=1S/C37H57O12Si2/c1-6-40-19-20-43-27-28-46-29-30-47-36(38)33-12-14-35(15-13-33)48-37(39)34-10-8-32(9-11-34)16-18-42-22-24-45-26-25-44-23-21-41-17-7-31-51(4,5)49-50(2)3/h6,8-15H,1,7,16-31H2,2-5H3. The molecule has 0 spiro atoms. The van der Waals surface area contributed by atoms with Crippen LogP contribution in [0.25, 0.3) is 0 Å². The Hall–Kier alpha value is -2.93. The van der Waals surface area contributed by atoms with Crippen molar-refractivity contribution in [1.29, 1.82) is 0 Å². The van der Waals surface area contributed by atoms with Gasteiger partial charge in [-0.25, -0.2) is 9.59 Å². The maximum absolute atomic E-state index is 12.6. The molecule has 14 heteroatoms. The van der Waals surface area contributed by atoms with Crippen molar-refractivity contribution < 1.29 is 56.3 Å². The number of hydrogen-bond donors (Lipinski definition) is 0. The second-order valence-electron chi connectivity index (χ2n) is 12.1. The summed E-state index contributed by atoms with van der Waals surface area (Å²) in [6.45, 7) is 18.8. The molecule has 0 atom stereocenters. The number of rotatable bonds is 31. The van der Waals surface area contributed by atoms with Crippen LogP contribution in [0.1, 0.15) is 32.7 Å². The lowest BCUT2D eigenvalue weighted by Gasteiger charge is -2.25. The molecule has 0 saturated carbocycles. The highest BCUT2D eigenvalue weighted by molar-refractivity contribution is 6.77. The smallest absolute Gasteiger partial charge is 0.343 e. The zero-order valence-corrected chi connectivity index (χ0v) is 32.8. The van der Waals surface area contributed by atoms with E-state index in [-0.39, 0.29) is 13.2 Å². The Kier molecular flexibility index (Phi) is 24.0. The van der Waals surface area contributed by atoms with Crippen molar-refractivity contribution in [2.45, 2.75) is 45.1 Å². The van der Waals surface area contributed by atoms with Gasteiger partial charge in [0.15, 0.2) is 17.4 Å². The van der Waals surface area contributed by atoms with Crippen LogP contribution in [-0.4, -0.2) is 122 Å². The minimum Gasteiger partial charge on any atom is -0.499 e. The number of carbonyl (C=O) groups excluding carboxylic acids is 2. The van der Waals surface area contributed by atoms with Crippen LogP contribution in [0.4, 0.5) is 0 Å². The first-order chi connectivity index (χ1) is 24.7. The fourth-order valence-corrected chi connectivity index (χ4v) is 10.4. The van der Waals surface area contributed by atoms with E-state index in [1.54, 1.807) is 36.4 Å². The monoisotopic (exact) mass is 749 g/mol. The highest BCUT2D eigenvalue weighted by Crippen LogP contribution is 2.16. The first kappa shape index (κ1) is 44.2. The lowest BCUT2D eigenvalue weighted by atomic mass is 10.1. The Morgan fingerprint density at radius 3 is 1.65 bits per heavy atom. The van der Waals surface area contributed by atoms with Crippen molar-refractivity contribution in [2.24, 2.45) is 0 Å². The first-order valence-electron chi connectivity index (χ1n) is 17.5. The molecule has 51 heavy (non-hydrogen) atoms. The Morgan fingerprint density at radius 2 is 1.10 bits per heavy atom. The van der Waals surface area contributed by atoms with Gasteiger partial charge in [-0.05, 0) is 87.0 Å². The van der Waals surface area contributed by atoms with Crippen molar-refractivity contribution >= 4 is 29.3 Å². The van der Waals surface area contributed by atoms with Crippen LogP contribution in [0.15, 0.2) is 61.4 Å². The second kappa shape index (κ2) is 27.7. The molecule has 0 N–H and O–H groups in total. The molecule has 0 unspecified atom stereocenters. The Balaban J connectivity index is 1.47. The summed E-state index contributed by atoms with van der Waals surface area (Å²) in [5, 5.41) is 0. The number of esters is 2. The van der Waals surface area contributed by atoms with Gasteiger partial charge in [0.1, 0.15) is 19.0 Å². The molecule has 1 radical (unpaired) electrons. The van der Waals surface area contributed by atoms with Crippen LogP contribution < -0.4 is 4.74 Å². The van der Waals surface area contributed by atoms with Gasteiger partial charge in [0.05, 0.1) is 90.1 Å². The minimum absolute atomic E-state index is 0.107. The number of ether oxygens (including phenoxy) is 9. The normalized spacial score (nSPS) is 11.5. The summed E-state index contributed by atoms with van der Waals surface area (Å²) in [5.74, 6) is -0.672. The summed E-state index contributed by atoms with van der Waals surface area (Å²) < 4.78 is 54.9. The van der Waals surface area contributed by atoms with Gasteiger partial charge < -0.3 is 46.7 Å². The summed E-state index contributed by atoms with van der Waals surface area (Å²) in [5.41, 5.74) is 1.79. The quantitative estimate of drug-likeness (QED) is 0.0307. The number of carbonyl (C=O) groups is 2. The zero-order chi connectivity index (χ0) is 37.0. The molecule has 2 aromatic carbocycles. The molecule has 0 heterocycles. The van der Waals surface area contributed by atoms with Crippen molar-refractivity contribution in [2.75, 3.05) is 92.5 Å². The van der Waals surface area contributed by atoms with Crippen LogP contribution in [-0.2, 0) is 48.4 Å². The van der Waals surface area contributed by atoms with Crippen LogP contribution in [0.2, 0.25) is 32.2 Å². The molecular weight excluding hydrogens is 693 g/mol. The fraction of sp³-hybridized carbons (Fsp3) is 0.568. The highest BCUT2D eigenvalue weighted by Gasteiger charge is 2.23. The highest BCUT2D eigenvalue weighted by atomic mass is 28.4. The Labute approximate surface area is 306 Å². The van der Waals surface area contributed by atoms with Crippen molar-refractivity contribution in [3.63, 3.8) is 0 Å². The SMILES string of the molecule is C=COCCOCCOCCOC(=O)c1ccc(OC(=O)c2ccc(CCOCCOCCOCCOCCC[Si](C)(C)O[Si](C)C)cc2)cc1. The summed E-state index contributed by atoms with van der Waals surface area (Å²) in [6, 6.07) is 14.5. The van der Waals surface area contributed by atoms with E-state index in [0.717, 1.165) is 24.6 Å². The molecule has 12 nitrogen and oxygen atoms in total. The predicted octanol–water partition coefficient (Wildman–Crippen LogP) is 5.73. The molecule has 0 fully saturated rings. The largest absolute Gasteiger partial charge is 0.499 e. The maximum atomic E-state index is 12.6. The van der Waals surface area contributed by atoms with E-state index in [1.807, 2.05) is 12.1 Å². The maximum Gasteiger partial charge on any atom is 0.343 e. The van der Waals surface area contributed by atoms with Gasteiger partial charge in [-0.1, -0.05) is 18.7 Å². The number of benzene rings is 2. The molecule has 2 aromatic rings. The molecule has 0 saturated heterocycles. The van der Waals surface area contributed by atoms with Crippen LogP contribution in [0.3, 0.4) is 0 Å². The molecule has 0 aliphatic rings. The average Bonchev–Trinajstić information content (AvgIpc) is 3.10. The van der Waals surface area contributed by atoms with E-state index in [0.29, 0.717) is 96.0 Å². The molecular formula is C37H57O12Si2. The van der Waals surface area contributed by atoms with E-state index in [9.17, 15) is 9.59 Å². The van der Waals surface area contributed by atoms with E-state index < -0.39 is 29.3 Å². The molecule has 2 rings (SSSR count). The van der Waals surface area contributed by atoms with Gasteiger partial charge in [0.2, 0.25) is 0 Å². The Morgan fingerprint density at radius 1 is 0.627 bits per heavy atom. The third-order valence-electron chi connectivity index (χ3n) is 6.99. The lowest BCUT2D eigenvalue weighted by molar-refractivity contribution is -0.00144. The molecule has 0 aliphatic heterocycles. The second-order valence-corrected chi connectivity index (χ2v) is 18.7. The van der Waals surface area contributed by atoms with Crippen LogP contribution >= 0.6 is 0 Å². The Bertz CT molecular complexity index is 1210. The summed E-state index contributed by atoms with van der Waals surface area (Å²) in [6.07, 6.45) is 3.09. The molecule has 285 valence electrons. The van der Waals surface area contributed by atoms with Gasteiger partial charge >= 0.3 is 11.9 Å². The lowest BCUT2D eigenvalue weighted by Crippen LogP contribution is -2.35. The van der Waals surface area contributed by atoms with Crippen molar-refractivity contribution in [3.8, 4) is 5.75 Å². The van der Waals surface area contributed by atoms with Gasteiger partial charge in [0.25, 0.3) is 0 Å². The third-order valence-corrected chi connectivity index (χ3v) is 12.4. The van der Waals surface area contributed by atoms with E-state index in [4.69, 9.17) is 46.7 Å². The van der Waals surface area contributed by atoms with Gasteiger partial charge in [-0.2, -0.15) is 0 Å². The van der Waals surface area contributed by atoms with Crippen LogP contribution in [0, 0.1) is 0 Å². The predicted molar refractivity (Wildman–Crippen MR) is 198 cm³/mol. The van der Waals surface area contributed by atoms with Crippen molar-refractivity contribution in [3.05, 3.63) is 78.1 Å². The minimum atomic E-state index is -1.54. The topological polar surface area (TPSA) is 126 Å². The first-order valence-corrected chi connectivity index (χ1v) is 23.0. The van der Waals surface area contributed by atoms with E-state index >= 15 is 0 Å². The summed E-state index contributed by atoms with van der Waals surface area (Å²) in [7, 11) is -2.17. The van der Waals surface area contributed by atoms with Gasteiger partial charge in [-0.15, -0.1) is 0 Å². The zero-order valence-electron chi connectivity index (χ0n) is 30.8. The average molecular weight is 750 g/mol. The fourth-order valence-electron chi connectivity index (χ4n) is 4.58. The van der Waals surface area contributed by atoms with Crippen LogP contribution in [0.5, 0.6) is 5.75 Å². The summed E-state index contributed by atoms with van der Waals surface area (Å²) in [4.78, 5) is 24.9. The molecule has 0 bridgehead atoms. The molecule has 0 aliphatic carbocycles. The van der Waals surface area contributed by atoms with Crippen molar-refractivity contribution in [1.82, 2.24) is 0 Å². The molecule has 0 amide bonds. The van der Waals surface area contributed by atoms with Gasteiger partial charge in [0, 0.05) is 6.61 Å².